The van der Waals surface area contributed by atoms with Gasteiger partial charge in [0.1, 0.15) is 5.82 Å². The minimum Gasteiger partial charge on any atom is -0.311 e. The first-order valence-corrected chi connectivity index (χ1v) is 8.99. The average Bonchev–Trinajstić information content (AvgIpc) is 3.19. The number of carbonyl (C=O) groups is 1. The quantitative estimate of drug-likeness (QED) is 0.597. The van der Waals surface area contributed by atoms with Gasteiger partial charge >= 0.3 is 0 Å². The largest absolute Gasteiger partial charge is 0.311 e. The van der Waals surface area contributed by atoms with Gasteiger partial charge in [0.15, 0.2) is 0 Å². The van der Waals surface area contributed by atoms with Crippen molar-refractivity contribution in [3.05, 3.63) is 71.4 Å². The van der Waals surface area contributed by atoms with Crippen LogP contribution in [0, 0.1) is 6.92 Å². The van der Waals surface area contributed by atoms with Crippen molar-refractivity contribution >= 4 is 22.8 Å². The van der Waals surface area contributed by atoms with Crippen molar-refractivity contribution in [2.45, 2.75) is 19.3 Å². The van der Waals surface area contributed by atoms with Crippen molar-refractivity contribution in [2.75, 3.05) is 5.32 Å². The Morgan fingerprint density at radius 1 is 1.07 bits per heavy atom. The van der Waals surface area contributed by atoms with Gasteiger partial charge in [0, 0.05) is 24.9 Å². The van der Waals surface area contributed by atoms with E-state index in [1.807, 2.05) is 61.0 Å². The molecule has 0 bridgehead atoms. The number of nitrogens with zero attached hydrogens (tertiary/aromatic N) is 4. The Bertz CT molecular complexity index is 1170. The maximum Gasteiger partial charge on any atom is 0.233 e. The molecule has 0 spiro atoms. The fraction of sp³-hybridized carbons (Fsp3) is 0.190. The molecule has 2 aromatic heterocycles. The Kier molecular flexibility index (Phi) is 3.40. The van der Waals surface area contributed by atoms with Gasteiger partial charge < -0.3 is 9.88 Å². The van der Waals surface area contributed by atoms with Crippen LogP contribution >= 0.6 is 0 Å². The Labute approximate surface area is 156 Å². The number of aryl methyl sites for hydroxylation is 2. The molecule has 5 rings (SSSR count). The second-order valence-electron chi connectivity index (χ2n) is 6.93. The van der Waals surface area contributed by atoms with E-state index in [1.165, 1.54) is 0 Å². The number of nitrogens with one attached hydrogen (secondary N) is 1. The van der Waals surface area contributed by atoms with Crippen LogP contribution in [0.4, 0.5) is 5.82 Å². The van der Waals surface area contributed by atoms with E-state index < -0.39 is 0 Å². The lowest BCUT2D eigenvalue weighted by atomic mass is 9.86. The number of amides is 1. The maximum absolute atomic E-state index is 12.5. The highest BCUT2D eigenvalue weighted by atomic mass is 16.1. The van der Waals surface area contributed by atoms with E-state index in [0.717, 1.165) is 33.7 Å². The first-order valence-electron chi connectivity index (χ1n) is 8.99. The molecule has 0 saturated heterocycles. The van der Waals surface area contributed by atoms with E-state index in [4.69, 9.17) is 10.1 Å². The fourth-order valence-electron chi connectivity index (χ4n) is 3.98. The van der Waals surface area contributed by atoms with Crippen LogP contribution in [-0.2, 0) is 11.8 Å². The highest BCUT2D eigenvalue weighted by molar-refractivity contribution is 5.95. The summed E-state index contributed by atoms with van der Waals surface area (Å²) in [6.07, 6.45) is 0.423. The number of benzene rings is 2. The second kappa shape index (κ2) is 5.81. The van der Waals surface area contributed by atoms with Gasteiger partial charge in [0.2, 0.25) is 11.9 Å². The third-order valence-electron chi connectivity index (χ3n) is 5.26. The monoisotopic (exact) mass is 357 g/mol. The smallest absolute Gasteiger partial charge is 0.233 e. The lowest BCUT2D eigenvalue weighted by Crippen LogP contribution is -2.25. The number of rotatable bonds is 2. The zero-order valence-corrected chi connectivity index (χ0v) is 15.2. The molecule has 1 atom stereocenters. The highest BCUT2D eigenvalue weighted by Crippen LogP contribution is 2.40. The summed E-state index contributed by atoms with van der Waals surface area (Å²) in [4.78, 5) is 17.2. The topological polar surface area (TPSA) is 64.7 Å². The molecule has 1 N–H and O–H groups in total. The van der Waals surface area contributed by atoms with Crippen LogP contribution in [-0.4, -0.2) is 25.2 Å². The molecule has 27 heavy (non-hydrogen) atoms. The molecule has 4 aromatic rings. The molecule has 3 heterocycles. The van der Waals surface area contributed by atoms with Crippen molar-refractivity contribution in [3.63, 3.8) is 0 Å². The van der Waals surface area contributed by atoms with E-state index >= 15 is 0 Å². The molecular formula is C21H19N5O. The zero-order chi connectivity index (χ0) is 18.5. The lowest BCUT2D eigenvalue weighted by molar-refractivity contribution is -0.116. The summed E-state index contributed by atoms with van der Waals surface area (Å²) in [5.41, 5.74) is 5.02. The minimum absolute atomic E-state index is 0.00150. The molecule has 0 radical (unpaired) electrons. The predicted octanol–water partition coefficient (Wildman–Crippen LogP) is 3.54. The number of carbonyl (C=O) groups excluding carboxylic acids is 1. The van der Waals surface area contributed by atoms with Gasteiger partial charge in [-0.25, -0.2) is 4.98 Å². The standard InChI is InChI=1S/C21H19N5O/c1-13-19-15(14-8-4-3-5-9-14)12-18(27)23-20(19)26(24-13)21-22-16-10-6-7-11-17(16)25(21)2/h3-11,15H,12H2,1-2H3,(H,23,27)/t15-/m0/s1. The van der Waals surface area contributed by atoms with E-state index in [2.05, 4.69) is 17.4 Å². The minimum atomic E-state index is -0.00346. The van der Waals surface area contributed by atoms with Crippen molar-refractivity contribution < 1.29 is 4.79 Å². The van der Waals surface area contributed by atoms with E-state index in [9.17, 15) is 4.79 Å². The van der Waals surface area contributed by atoms with Gasteiger partial charge in [-0.15, -0.1) is 0 Å². The number of aromatic nitrogens is 4. The van der Waals surface area contributed by atoms with Gasteiger partial charge in [-0.05, 0) is 24.6 Å². The molecule has 6 nitrogen and oxygen atoms in total. The Morgan fingerprint density at radius 2 is 1.81 bits per heavy atom. The summed E-state index contributed by atoms with van der Waals surface area (Å²) >= 11 is 0. The van der Waals surface area contributed by atoms with Crippen LogP contribution in [0.2, 0.25) is 0 Å². The van der Waals surface area contributed by atoms with E-state index in [-0.39, 0.29) is 11.8 Å². The van der Waals surface area contributed by atoms with Gasteiger partial charge in [-0.2, -0.15) is 9.78 Å². The first kappa shape index (κ1) is 15.8. The van der Waals surface area contributed by atoms with Crippen LogP contribution in [0.3, 0.4) is 0 Å². The van der Waals surface area contributed by atoms with Crippen LogP contribution in [0.25, 0.3) is 17.0 Å². The summed E-state index contributed by atoms with van der Waals surface area (Å²) in [6.45, 7) is 1.99. The average molecular weight is 357 g/mol. The number of hydrogen-bond acceptors (Lipinski definition) is 3. The van der Waals surface area contributed by atoms with Gasteiger partial charge in [-0.1, -0.05) is 42.5 Å². The first-order chi connectivity index (χ1) is 13.1. The normalized spacial score (nSPS) is 16.4. The molecule has 1 aliphatic heterocycles. The summed E-state index contributed by atoms with van der Waals surface area (Å²) in [5, 5.41) is 7.77. The molecule has 1 aliphatic rings. The van der Waals surface area contributed by atoms with E-state index in [1.54, 1.807) is 4.68 Å². The van der Waals surface area contributed by atoms with Crippen LogP contribution in [0.5, 0.6) is 0 Å². The third kappa shape index (κ3) is 2.37. The molecule has 0 fully saturated rings. The van der Waals surface area contributed by atoms with Gasteiger partial charge in [-0.3, -0.25) is 4.79 Å². The van der Waals surface area contributed by atoms with Crippen LogP contribution in [0.15, 0.2) is 54.6 Å². The number of hydrogen-bond donors (Lipinski definition) is 1. The lowest BCUT2D eigenvalue weighted by Gasteiger charge is -2.24. The third-order valence-corrected chi connectivity index (χ3v) is 5.26. The highest BCUT2D eigenvalue weighted by Gasteiger charge is 2.33. The predicted molar refractivity (Wildman–Crippen MR) is 104 cm³/mol. The van der Waals surface area contributed by atoms with Crippen molar-refractivity contribution in [2.24, 2.45) is 7.05 Å². The van der Waals surface area contributed by atoms with Crippen LogP contribution in [0.1, 0.15) is 29.2 Å². The van der Waals surface area contributed by atoms with Gasteiger partial charge in [0.05, 0.1) is 16.7 Å². The number of para-hydroxylation sites is 2. The molecule has 6 heteroatoms. The van der Waals surface area contributed by atoms with Crippen LogP contribution < -0.4 is 5.32 Å². The fourth-order valence-corrected chi connectivity index (χ4v) is 3.98. The SMILES string of the molecule is Cc1nn(-c2nc3ccccc3n2C)c2c1[C@H](c1ccccc1)CC(=O)N2. The van der Waals surface area contributed by atoms with Gasteiger partial charge in [0.25, 0.3) is 0 Å². The summed E-state index contributed by atoms with van der Waals surface area (Å²) in [6, 6.07) is 18.1. The number of anilines is 1. The Balaban J connectivity index is 1.73. The number of imidazole rings is 1. The number of fused-ring (bicyclic) bond motifs is 2. The summed E-state index contributed by atoms with van der Waals surface area (Å²) < 4.78 is 3.76. The molecule has 134 valence electrons. The second-order valence-corrected chi connectivity index (χ2v) is 6.93. The zero-order valence-electron chi connectivity index (χ0n) is 15.2. The molecule has 0 unspecified atom stereocenters. The molecule has 0 saturated carbocycles. The molecule has 0 aliphatic carbocycles. The Morgan fingerprint density at radius 3 is 2.59 bits per heavy atom. The summed E-state index contributed by atoms with van der Waals surface area (Å²) in [7, 11) is 1.97. The molecule has 1 amide bonds. The van der Waals surface area contributed by atoms with Crippen molar-refractivity contribution in [3.8, 4) is 5.95 Å². The molecule has 2 aromatic carbocycles. The van der Waals surface area contributed by atoms with Crippen molar-refractivity contribution in [1.82, 2.24) is 19.3 Å². The van der Waals surface area contributed by atoms with E-state index in [0.29, 0.717) is 12.4 Å². The Hall–Kier alpha value is -3.41. The van der Waals surface area contributed by atoms with Crippen molar-refractivity contribution in [1.29, 1.82) is 0 Å². The maximum atomic E-state index is 12.5. The summed E-state index contributed by atoms with van der Waals surface area (Å²) in [5.74, 6) is 1.40. The molecular weight excluding hydrogens is 338 g/mol.